The lowest BCUT2D eigenvalue weighted by Gasteiger charge is -2.06. The Morgan fingerprint density at radius 2 is 1.95 bits per heavy atom. The highest BCUT2D eigenvalue weighted by molar-refractivity contribution is 6.42. The lowest BCUT2D eigenvalue weighted by molar-refractivity contribution is -0.117. The second-order valence-corrected chi connectivity index (χ2v) is 4.21. The van der Waals surface area contributed by atoms with Gasteiger partial charge in [0.05, 0.1) is 0 Å². The van der Waals surface area contributed by atoms with Gasteiger partial charge in [0.15, 0.2) is 0 Å². The Bertz CT molecular complexity index is 641. The van der Waals surface area contributed by atoms with E-state index in [2.05, 4.69) is 15.3 Å². The zero-order valence-electron chi connectivity index (χ0n) is 11.0. The molecule has 0 saturated heterocycles. The number of nitrogens with two attached hydrogens (primary N) is 1. The Morgan fingerprint density at radius 3 is 2.60 bits per heavy atom. The number of hydrogen-bond donors (Lipinski definition) is 2. The van der Waals surface area contributed by atoms with E-state index >= 15 is 0 Å². The number of aryl methyl sites for hydroxylation is 1. The fourth-order valence-corrected chi connectivity index (χ4v) is 1.63. The van der Waals surface area contributed by atoms with Gasteiger partial charge in [-0.1, -0.05) is 30.3 Å². The number of amides is 1. The topological polar surface area (TPSA) is 98.0 Å². The van der Waals surface area contributed by atoms with Gasteiger partial charge in [0.2, 0.25) is 5.78 Å². The van der Waals surface area contributed by atoms with E-state index in [1.165, 1.54) is 6.20 Å². The van der Waals surface area contributed by atoms with E-state index < -0.39 is 11.7 Å². The minimum Gasteiger partial charge on any atom is -0.383 e. The number of carbonyl (C=O) groups is 2. The molecule has 0 radical (unpaired) electrons. The fraction of sp³-hybridized carbons (Fsp3) is 0.143. The molecule has 3 N–H and O–H groups in total. The third-order valence-electron chi connectivity index (χ3n) is 2.70. The Labute approximate surface area is 116 Å². The van der Waals surface area contributed by atoms with Crippen LogP contribution in [0.5, 0.6) is 0 Å². The first-order chi connectivity index (χ1) is 9.58. The van der Waals surface area contributed by atoms with Crippen LogP contribution in [0.25, 0.3) is 0 Å². The minimum absolute atomic E-state index is 0.115. The molecule has 2 rings (SSSR count). The molecule has 0 atom stereocenters. The van der Waals surface area contributed by atoms with E-state index in [1.54, 1.807) is 37.3 Å². The minimum atomic E-state index is -0.684. The molecule has 0 fully saturated rings. The van der Waals surface area contributed by atoms with Gasteiger partial charge in [-0.15, -0.1) is 0 Å². The van der Waals surface area contributed by atoms with Crippen molar-refractivity contribution >= 4 is 17.5 Å². The molecule has 6 heteroatoms. The van der Waals surface area contributed by atoms with Gasteiger partial charge in [-0.2, -0.15) is 0 Å². The van der Waals surface area contributed by atoms with Gasteiger partial charge in [-0.3, -0.25) is 9.59 Å². The Morgan fingerprint density at radius 1 is 1.25 bits per heavy atom. The summed E-state index contributed by atoms with van der Waals surface area (Å²) in [5.74, 6) is -0.420. The van der Waals surface area contributed by atoms with Crippen molar-refractivity contribution in [1.29, 1.82) is 0 Å². The number of Topliss-reactive ketones (excluding diaryl/α,β-unsaturated/α-hetero) is 1. The monoisotopic (exact) mass is 270 g/mol. The Balaban J connectivity index is 2.00. The van der Waals surface area contributed by atoms with Crippen molar-refractivity contribution in [1.82, 2.24) is 15.3 Å². The number of nitrogen functional groups attached to an aromatic ring is 1. The van der Waals surface area contributed by atoms with Crippen molar-refractivity contribution in [3.63, 3.8) is 0 Å². The van der Waals surface area contributed by atoms with Gasteiger partial charge in [-0.25, -0.2) is 9.97 Å². The summed E-state index contributed by atoms with van der Waals surface area (Å²) < 4.78 is 0. The first-order valence-electron chi connectivity index (χ1n) is 6.03. The van der Waals surface area contributed by atoms with Crippen molar-refractivity contribution in [3.8, 4) is 0 Å². The zero-order valence-corrected chi connectivity index (χ0v) is 11.0. The molecule has 1 aromatic carbocycles. The average molecular weight is 270 g/mol. The maximum absolute atomic E-state index is 11.8. The van der Waals surface area contributed by atoms with Gasteiger partial charge >= 0.3 is 0 Å². The number of benzene rings is 1. The van der Waals surface area contributed by atoms with Crippen LogP contribution in [0.3, 0.4) is 0 Å². The number of hydrogen-bond acceptors (Lipinski definition) is 5. The number of carbonyl (C=O) groups excluding carboxylic acids is 2. The Kier molecular flexibility index (Phi) is 4.05. The van der Waals surface area contributed by atoms with Gasteiger partial charge in [0, 0.05) is 23.9 Å². The first kappa shape index (κ1) is 13.7. The standard InChI is InChI=1S/C14H14N4O2/c1-9-16-7-11(13(15)18-9)8-17-14(20)12(19)10-5-3-2-4-6-10/h2-7H,8H2,1H3,(H,17,20)(H2,15,16,18). The molecule has 6 nitrogen and oxygen atoms in total. The van der Waals surface area contributed by atoms with Crippen LogP contribution in [0.15, 0.2) is 36.5 Å². The highest BCUT2D eigenvalue weighted by Crippen LogP contribution is 2.07. The van der Waals surface area contributed by atoms with E-state index in [0.29, 0.717) is 22.8 Å². The van der Waals surface area contributed by atoms with Gasteiger partial charge in [0.25, 0.3) is 5.91 Å². The highest BCUT2D eigenvalue weighted by Gasteiger charge is 2.15. The zero-order chi connectivity index (χ0) is 14.5. The van der Waals surface area contributed by atoms with Crippen LogP contribution >= 0.6 is 0 Å². The predicted octanol–water partition coefficient (Wildman–Crippen LogP) is 0.866. The molecule has 0 aliphatic carbocycles. The molecule has 102 valence electrons. The maximum atomic E-state index is 11.8. The molecule has 2 aromatic rings. The third-order valence-corrected chi connectivity index (χ3v) is 2.70. The smallest absolute Gasteiger partial charge is 0.292 e. The van der Waals surface area contributed by atoms with E-state index in [0.717, 1.165) is 0 Å². The van der Waals surface area contributed by atoms with Crippen LogP contribution in [0, 0.1) is 6.92 Å². The molecule has 0 aliphatic rings. The van der Waals surface area contributed by atoms with Crippen molar-refractivity contribution in [2.45, 2.75) is 13.5 Å². The summed E-state index contributed by atoms with van der Waals surface area (Å²) >= 11 is 0. The molecule has 1 heterocycles. The summed E-state index contributed by atoms with van der Waals surface area (Å²) in [5.41, 5.74) is 6.63. The van der Waals surface area contributed by atoms with E-state index in [1.807, 2.05) is 0 Å². The SMILES string of the molecule is Cc1ncc(CNC(=O)C(=O)c2ccccc2)c(N)n1. The number of nitrogens with zero attached hydrogens (tertiary/aromatic N) is 2. The van der Waals surface area contributed by atoms with Gasteiger partial charge in [-0.05, 0) is 6.92 Å². The maximum Gasteiger partial charge on any atom is 0.292 e. The van der Waals surface area contributed by atoms with Crippen LogP contribution in [-0.4, -0.2) is 21.7 Å². The Hall–Kier alpha value is -2.76. The van der Waals surface area contributed by atoms with Crippen molar-refractivity contribution in [2.24, 2.45) is 0 Å². The van der Waals surface area contributed by atoms with E-state index in [-0.39, 0.29) is 6.54 Å². The number of nitrogens with one attached hydrogen (secondary N) is 1. The average Bonchev–Trinajstić information content (AvgIpc) is 2.46. The van der Waals surface area contributed by atoms with E-state index in [9.17, 15) is 9.59 Å². The number of aromatic nitrogens is 2. The second-order valence-electron chi connectivity index (χ2n) is 4.21. The number of anilines is 1. The second kappa shape index (κ2) is 5.92. The molecule has 0 saturated carbocycles. The summed E-state index contributed by atoms with van der Waals surface area (Å²) in [6.45, 7) is 1.83. The lowest BCUT2D eigenvalue weighted by atomic mass is 10.1. The molecule has 20 heavy (non-hydrogen) atoms. The number of rotatable bonds is 4. The fourth-order valence-electron chi connectivity index (χ4n) is 1.63. The summed E-state index contributed by atoms with van der Waals surface area (Å²) in [6, 6.07) is 8.36. The highest BCUT2D eigenvalue weighted by atomic mass is 16.2. The van der Waals surface area contributed by atoms with Crippen molar-refractivity contribution in [3.05, 3.63) is 53.5 Å². The van der Waals surface area contributed by atoms with Crippen LogP contribution in [0.2, 0.25) is 0 Å². The molecule has 0 aliphatic heterocycles. The normalized spacial score (nSPS) is 10.1. The van der Waals surface area contributed by atoms with Crippen LogP contribution in [-0.2, 0) is 11.3 Å². The summed E-state index contributed by atoms with van der Waals surface area (Å²) in [4.78, 5) is 31.6. The summed E-state index contributed by atoms with van der Waals surface area (Å²) in [5, 5.41) is 2.51. The molecule has 1 amide bonds. The predicted molar refractivity (Wildman–Crippen MR) is 73.8 cm³/mol. The molecular formula is C14H14N4O2. The summed E-state index contributed by atoms with van der Waals surface area (Å²) in [7, 11) is 0. The van der Waals surface area contributed by atoms with Crippen LogP contribution < -0.4 is 11.1 Å². The van der Waals surface area contributed by atoms with Gasteiger partial charge < -0.3 is 11.1 Å². The van der Waals surface area contributed by atoms with Crippen LogP contribution in [0.4, 0.5) is 5.82 Å². The quantitative estimate of drug-likeness (QED) is 0.634. The lowest BCUT2D eigenvalue weighted by Crippen LogP contribution is -2.31. The van der Waals surface area contributed by atoms with Crippen molar-refractivity contribution < 1.29 is 9.59 Å². The first-order valence-corrected chi connectivity index (χ1v) is 6.03. The molecule has 1 aromatic heterocycles. The van der Waals surface area contributed by atoms with E-state index in [4.69, 9.17) is 5.73 Å². The third kappa shape index (κ3) is 3.17. The largest absolute Gasteiger partial charge is 0.383 e. The summed E-state index contributed by atoms with van der Waals surface area (Å²) in [6.07, 6.45) is 1.53. The van der Waals surface area contributed by atoms with Crippen LogP contribution in [0.1, 0.15) is 21.7 Å². The van der Waals surface area contributed by atoms with Crippen molar-refractivity contribution in [2.75, 3.05) is 5.73 Å². The molecular weight excluding hydrogens is 256 g/mol. The molecule has 0 bridgehead atoms. The molecule has 0 unspecified atom stereocenters. The molecule has 0 spiro atoms. The van der Waals surface area contributed by atoms with Gasteiger partial charge in [0.1, 0.15) is 11.6 Å². The number of ketones is 1.